The lowest BCUT2D eigenvalue weighted by Crippen LogP contribution is -2.27. The summed E-state index contributed by atoms with van der Waals surface area (Å²) in [6.07, 6.45) is -1.83. The fourth-order valence-electron chi connectivity index (χ4n) is 4.34. The highest BCUT2D eigenvalue weighted by Gasteiger charge is 2.67. The molecule has 0 aliphatic heterocycles. The predicted molar refractivity (Wildman–Crippen MR) is 151 cm³/mol. The monoisotopic (exact) mass is 667 g/mol. The molecule has 1 saturated carbocycles. The first kappa shape index (κ1) is 31.6. The van der Waals surface area contributed by atoms with E-state index in [4.69, 9.17) is 58.0 Å². The van der Waals surface area contributed by atoms with Crippen molar-refractivity contribution >= 4 is 81.2 Å². The van der Waals surface area contributed by atoms with Gasteiger partial charge in [0.2, 0.25) is 11.7 Å². The Labute approximate surface area is 256 Å². The smallest absolute Gasteiger partial charge is 0.302 e. The van der Waals surface area contributed by atoms with Crippen LogP contribution in [0.2, 0.25) is 15.1 Å². The number of rotatable bonds is 9. The number of benzene rings is 3. The average molecular weight is 670 g/mol. The Kier molecular flexibility index (Phi) is 9.03. The highest BCUT2D eigenvalue weighted by molar-refractivity contribution is 6.53. The van der Waals surface area contributed by atoms with Gasteiger partial charge in [-0.2, -0.15) is 8.78 Å². The number of nitrogens with one attached hydrogen (secondary N) is 1. The van der Waals surface area contributed by atoms with E-state index in [1.807, 2.05) is 0 Å². The van der Waals surface area contributed by atoms with Crippen LogP contribution in [0.5, 0.6) is 0 Å². The van der Waals surface area contributed by atoms with Crippen LogP contribution in [0, 0.1) is 17.6 Å². The lowest BCUT2D eigenvalue weighted by atomic mass is 9.97. The second-order valence-corrected chi connectivity index (χ2v) is 12.2. The Morgan fingerprint density at radius 3 is 2.20 bits per heavy atom. The van der Waals surface area contributed by atoms with E-state index >= 15 is 0 Å². The van der Waals surface area contributed by atoms with Crippen molar-refractivity contribution in [1.29, 1.82) is 0 Å². The first-order valence-electron chi connectivity index (χ1n) is 11.9. The molecule has 1 aliphatic carbocycles. The summed E-state index contributed by atoms with van der Waals surface area (Å²) in [5.41, 5.74) is -0.559. The highest BCUT2D eigenvalue weighted by atomic mass is 35.5. The lowest BCUT2D eigenvalue weighted by Gasteiger charge is -2.13. The molecule has 216 valence electrons. The minimum Gasteiger partial charge on any atom is -0.326 e. The van der Waals surface area contributed by atoms with Gasteiger partial charge in [-0.05, 0) is 47.5 Å². The molecule has 1 aliphatic rings. The number of anilines is 1. The van der Waals surface area contributed by atoms with E-state index in [9.17, 15) is 31.9 Å². The standard InChI is InChI=1S/C28H18Cl5F4NO3/c1-27(36,37)22(40)11-16-20(34)7-3-13(25(16)35)9-21(39)15-10-14(4-6-17(15)29)38-26(41)24-23(28(24,32)33)12-2-5-18(30)19(31)8-12/h2-8,10,23-24H,9,11H2,1H3,(H,38,41)/t23-,24+/m0/s1. The fraction of sp³-hybridized carbons (Fsp3) is 0.250. The number of halogens is 9. The van der Waals surface area contributed by atoms with Crippen LogP contribution in [0.25, 0.3) is 0 Å². The zero-order chi connectivity index (χ0) is 30.4. The van der Waals surface area contributed by atoms with Gasteiger partial charge in [0.15, 0.2) is 5.78 Å². The first-order chi connectivity index (χ1) is 19.0. The molecule has 0 bridgehead atoms. The van der Waals surface area contributed by atoms with Crippen LogP contribution in [0.4, 0.5) is 23.2 Å². The van der Waals surface area contributed by atoms with Crippen molar-refractivity contribution in [2.45, 2.75) is 35.9 Å². The largest absolute Gasteiger partial charge is 0.326 e. The molecule has 1 amide bonds. The molecular formula is C28H18Cl5F4NO3. The van der Waals surface area contributed by atoms with Gasteiger partial charge >= 0.3 is 5.92 Å². The summed E-state index contributed by atoms with van der Waals surface area (Å²) < 4.78 is 54.3. The van der Waals surface area contributed by atoms with Crippen molar-refractivity contribution in [3.05, 3.63) is 97.5 Å². The number of alkyl halides is 4. The zero-order valence-corrected chi connectivity index (χ0v) is 24.6. The van der Waals surface area contributed by atoms with E-state index in [2.05, 4.69) is 5.32 Å². The van der Waals surface area contributed by atoms with Crippen LogP contribution >= 0.6 is 58.0 Å². The summed E-state index contributed by atoms with van der Waals surface area (Å²) in [5.74, 6) is -10.7. The van der Waals surface area contributed by atoms with Gasteiger partial charge in [0, 0.05) is 42.5 Å². The number of ketones is 2. The maximum Gasteiger partial charge on any atom is 0.302 e. The summed E-state index contributed by atoms with van der Waals surface area (Å²) in [4.78, 5) is 37.7. The number of carbonyl (C=O) groups is 3. The SMILES string of the molecule is CC(F)(F)C(=O)Cc1c(F)ccc(CC(=O)c2cc(NC(=O)[C@H]3[C@H](c4ccc(Cl)c(Cl)c4)C3(Cl)Cl)ccc2Cl)c1F. The maximum atomic E-state index is 15.0. The minimum atomic E-state index is -3.79. The molecule has 4 rings (SSSR count). The molecule has 4 nitrogen and oxygen atoms in total. The highest BCUT2D eigenvalue weighted by Crippen LogP contribution is 2.65. The van der Waals surface area contributed by atoms with Crippen molar-refractivity contribution in [1.82, 2.24) is 0 Å². The normalized spacial score (nSPS) is 17.7. The molecule has 1 fully saturated rings. The van der Waals surface area contributed by atoms with Gasteiger partial charge in [0.25, 0.3) is 0 Å². The molecule has 41 heavy (non-hydrogen) atoms. The van der Waals surface area contributed by atoms with Crippen LogP contribution in [0.1, 0.15) is 39.9 Å². The fourth-order valence-corrected chi connectivity index (χ4v) is 5.70. The third-order valence-corrected chi connectivity index (χ3v) is 8.63. The molecule has 3 aromatic carbocycles. The molecular weight excluding hydrogens is 652 g/mol. The number of Topliss-reactive ketones (excluding diaryl/α,β-unsaturated/α-hetero) is 2. The zero-order valence-electron chi connectivity index (χ0n) is 20.8. The second-order valence-electron chi connectivity index (χ2n) is 9.57. The molecule has 0 heterocycles. The first-order valence-corrected chi connectivity index (χ1v) is 13.7. The third-order valence-electron chi connectivity index (χ3n) is 6.62. The predicted octanol–water partition coefficient (Wildman–Crippen LogP) is 8.64. The Bertz CT molecular complexity index is 1580. The quantitative estimate of drug-likeness (QED) is 0.141. The Hall–Kier alpha value is -2.36. The number of amides is 1. The van der Waals surface area contributed by atoms with Gasteiger partial charge in [-0.15, -0.1) is 23.2 Å². The summed E-state index contributed by atoms with van der Waals surface area (Å²) in [6, 6.07) is 10.5. The minimum absolute atomic E-state index is 0.0271. The maximum absolute atomic E-state index is 15.0. The number of carbonyl (C=O) groups excluding carboxylic acids is 3. The van der Waals surface area contributed by atoms with Gasteiger partial charge < -0.3 is 5.32 Å². The van der Waals surface area contributed by atoms with Crippen molar-refractivity contribution < 1.29 is 31.9 Å². The summed E-state index contributed by atoms with van der Waals surface area (Å²) in [5, 5.41) is 3.18. The van der Waals surface area contributed by atoms with E-state index < -0.39 is 69.6 Å². The molecule has 3 aromatic rings. The van der Waals surface area contributed by atoms with Gasteiger partial charge in [-0.1, -0.05) is 46.9 Å². The molecule has 0 spiro atoms. The van der Waals surface area contributed by atoms with E-state index in [0.29, 0.717) is 17.5 Å². The van der Waals surface area contributed by atoms with Gasteiger partial charge in [-0.25, -0.2) is 8.78 Å². The molecule has 0 aromatic heterocycles. The summed E-state index contributed by atoms with van der Waals surface area (Å²) in [7, 11) is 0. The van der Waals surface area contributed by atoms with E-state index in [1.165, 1.54) is 18.2 Å². The van der Waals surface area contributed by atoms with Crippen molar-refractivity contribution in [2.75, 3.05) is 5.32 Å². The Morgan fingerprint density at radius 1 is 0.902 bits per heavy atom. The summed E-state index contributed by atoms with van der Waals surface area (Å²) >= 11 is 31.0. The van der Waals surface area contributed by atoms with E-state index in [0.717, 1.165) is 12.1 Å². The van der Waals surface area contributed by atoms with Crippen LogP contribution < -0.4 is 5.32 Å². The van der Waals surface area contributed by atoms with Crippen molar-refractivity contribution in [3.8, 4) is 0 Å². The Morgan fingerprint density at radius 2 is 1.56 bits per heavy atom. The molecule has 13 heteroatoms. The molecule has 0 radical (unpaired) electrons. The van der Waals surface area contributed by atoms with Crippen LogP contribution in [-0.4, -0.2) is 27.7 Å². The number of hydrogen-bond donors (Lipinski definition) is 1. The molecule has 0 unspecified atom stereocenters. The number of hydrogen-bond acceptors (Lipinski definition) is 3. The van der Waals surface area contributed by atoms with E-state index in [1.54, 1.807) is 18.2 Å². The summed E-state index contributed by atoms with van der Waals surface area (Å²) in [6.45, 7) is 0.323. The third kappa shape index (κ3) is 6.67. The lowest BCUT2D eigenvalue weighted by molar-refractivity contribution is -0.139. The van der Waals surface area contributed by atoms with Gasteiger partial charge in [0.1, 0.15) is 16.0 Å². The van der Waals surface area contributed by atoms with Crippen LogP contribution in [-0.2, 0) is 22.4 Å². The van der Waals surface area contributed by atoms with Crippen molar-refractivity contribution in [3.63, 3.8) is 0 Å². The van der Waals surface area contributed by atoms with Crippen LogP contribution in [0.3, 0.4) is 0 Å². The second kappa shape index (κ2) is 11.7. The van der Waals surface area contributed by atoms with Gasteiger partial charge in [-0.3, -0.25) is 14.4 Å². The van der Waals surface area contributed by atoms with E-state index in [-0.39, 0.29) is 26.9 Å². The Balaban J connectivity index is 1.52. The van der Waals surface area contributed by atoms with Crippen LogP contribution in [0.15, 0.2) is 48.5 Å². The molecule has 1 N–H and O–H groups in total. The van der Waals surface area contributed by atoms with Gasteiger partial charge in [0.05, 0.1) is 21.0 Å². The molecule has 2 atom stereocenters. The average Bonchev–Trinajstić information content (AvgIpc) is 3.47. The molecule has 0 saturated heterocycles. The van der Waals surface area contributed by atoms with Crippen molar-refractivity contribution in [2.24, 2.45) is 5.92 Å². The topological polar surface area (TPSA) is 63.2 Å².